The minimum absolute atomic E-state index is 0.182. The molecule has 0 N–H and O–H groups in total. The second kappa shape index (κ2) is 5.03. The van der Waals surface area contributed by atoms with Gasteiger partial charge in [-0.05, 0) is 40.5 Å². The molecule has 0 unspecified atom stereocenters. The monoisotopic (exact) mass is 229 g/mol. The van der Waals surface area contributed by atoms with Gasteiger partial charge in [0, 0.05) is 31.8 Å². The highest BCUT2D eigenvalue weighted by Gasteiger charge is 2.44. The van der Waals surface area contributed by atoms with E-state index in [4.69, 9.17) is 9.47 Å². The lowest BCUT2D eigenvalue weighted by molar-refractivity contribution is -0.0987. The van der Waals surface area contributed by atoms with Gasteiger partial charge in [-0.15, -0.1) is 0 Å². The Balaban J connectivity index is 2.79. The topological polar surface area (TPSA) is 21.7 Å². The average Bonchev–Trinajstić information content (AvgIpc) is 2.14. The zero-order valence-corrected chi connectivity index (χ0v) is 11.7. The molecule has 0 aromatic rings. The molecule has 1 aliphatic rings. The Morgan fingerprint density at radius 2 is 1.56 bits per heavy atom. The highest BCUT2D eigenvalue weighted by atomic mass is 16.5. The molecule has 0 spiro atoms. The fraction of sp³-hybridized carbons (Fsp3) is 1.00. The average molecular weight is 229 g/mol. The molecule has 0 aromatic heterocycles. The van der Waals surface area contributed by atoms with Crippen molar-refractivity contribution in [2.24, 2.45) is 0 Å². The van der Waals surface area contributed by atoms with Crippen LogP contribution in [0.3, 0.4) is 0 Å². The van der Waals surface area contributed by atoms with E-state index < -0.39 is 0 Å². The lowest BCUT2D eigenvalue weighted by atomic mass is 9.78. The number of hydrogen-bond acceptors (Lipinski definition) is 3. The van der Waals surface area contributed by atoms with Gasteiger partial charge < -0.3 is 9.47 Å². The van der Waals surface area contributed by atoms with Gasteiger partial charge in [-0.25, -0.2) is 0 Å². The van der Waals surface area contributed by atoms with Gasteiger partial charge in [0.1, 0.15) is 0 Å². The minimum atomic E-state index is 0.182. The second-order valence-corrected chi connectivity index (χ2v) is 6.04. The molecule has 1 heterocycles. The van der Waals surface area contributed by atoms with E-state index in [0.29, 0.717) is 6.10 Å². The first kappa shape index (κ1) is 13.9. The van der Waals surface area contributed by atoms with Gasteiger partial charge in [0.05, 0.1) is 12.7 Å². The number of methoxy groups -OCH3 is 2. The Hall–Kier alpha value is -0.120. The quantitative estimate of drug-likeness (QED) is 0.738. The zero-order chi connectivity index (χ0) is 12.4. The predicted molar refractivity (Wildman–Crippen MR) is 66.8 cm³/mol. The van der Waals surface area contributed by atoms with Crippen molar-refractivity contribution in [3.8, 4) is 0 Å². The van der Waals surface area contributed by atoms with Crippen molar-refractivity contribution in [3.05, 3.63) is 0 Å². The SMILES string of the molecule is COCCN1C(C)(C)CC(OC)CC1(C)C. The standard InChI is InChI=1S/C13H27NO2/c1-12(2)9-11(16-6)10-13(3,4)14(12)7-8-15-5/h11H,7-10H2,1-6H3. The highest BCUT2D eigenvalue weighted by molar-refractivity contribution is 5.00. The van der Waals surface area contributed by atoms with Gasteiger partial charge in [-0.3, -0.25) is 4.90 Å². The molecule has 0 saturated carbocycles. The third kappa shape index (κ3) is 2.96. The van der Waals surface area contributed by atoms with Crippen molar-refractivity contribution in [1.29, 1.82) is 0 Å². The molecule has 0 radical (unpaired) electrons. The molecule has 96 valence electrons. The summed E-state index contributed by atoms with van der Waals surface area (Å²) < 4.78 is 10.8. The molecule has 3 nitrogen and oxygen atoms in total. The number of piperidine rings is 1. The smallest absolute Gasteiger partial charge is 0.0606 e. The molecule has 1 aliphatic heterocycles. The van der Waals surface area contributed by atoms with Crippen LogP contribution in [0, 0.1) is 0 Å². The van der Waals surface area contributed by atoms with Crippen LogP contribution in [0.5, 0.6) is 0 Å². The molecule has 3 heteroatoms. The molecule has 0 atom stereocenters. The summed E-state index contributed by atoms with van der Waals surface area (Å²) in [6.45, 7) is 11.0. The van der Waals surface area contributed by atoms with Crippen LogP contribution in [0.4, 0.5) is 0 Å². The number of rotatable bonds is 4. The maximum atomic E-state index is 5.56. The second-order valence-electron chi connectivity index (χ2n) is 6.04. The van der Waals surface area contributed by atoms with Crippen LogP contribution in [-0.2, 0) is 9.47 Å². The first-order valence-corrected chi connectivity index (χ1v) is 6.13. The maximum absolute atomic E-state index is 5.56. The molecule has 1 fully saturated rings. The van der Waals surface area contributed by atoms with Crippen LogP contribution >= 0.6 is 0 Å². The first-order chi connectivity index (χ1) is 7.33. The molecule has 16 heavy (non-hydrogen) atoms. The molecule has 1 saturated heterocycles. The van der Waals surface area contributed by atoms with Crippen LogP contribution < -0.4 is 0 Å². The van der Waals surface area contributed by atoms with E-state index >= 15 is 0 Å². The molecule has 0 bridgehead atoms. The van der Waals surface area contributed by atoms with Crippen LogP contribution in [0.25, 0.3) is 0 Å². The normalized spacial score (nSPS) is 25.9. The molecular weight excluding hydrogens is 202 g/mol. The van der Waals surface area contributed by atoms with E-state index in [0.717, 1.165) is 26.0 Å². The van der Waals surface area contributed by atoms with Crippen LogP contribution in [0.2, 0.25) is 0 Å². The van der Waals surface area contributed by atoms with Crippen molar-refractivity contribution in [2.45, 2.75) is 57.7 Å². The summed E-state index contributed by atoms with van der Waals surface area (Å²) in [6, 6.07) is 0. The third-order valence-corrected chi connectivity index (χ3v) is 3.77. The number of hydrogen-bond donors (Lipinski definition) is 0. The number of nitrogens with zero attached hydrogens (tertiary/aromatic N) is 1. The number of likely N-dealkylation sites (tertiary alicyclic amines) is 1. The summed E-state index contributed by atoms with van der Waals surface area (Å²) >= 11 is 0. The molecule has 0 aromatic carbocycles. The van der Waals surface area contributed by atoms with Crippen molar-refractivity contribution < 1.29 is 9.47 Å². The Labute approximate surface area is 100 Å². The van der Waals surface area contributed by atoms with Crippen LogP contribution in [0.15, 0.2) is 0 Å². The van der Waals surface area contributed by atoms with E-state index in [1.165, 1.54) is 0 Å². The summed E-state index contributed by atoms with van der Waals surface area (Å²) in [6.07, 6.45) is 2.57. The predicted octanol–water partition coefficient (Wildman–Crippen LogP) is 2.30. The van der Waals surface area contributed by atoms with Gasteiger partial charge >= 0.3 is 0 Å². The van der Waals surface area contributed by atoms with Gasteiger partial charge in [-0.2, -0.15) is 0 Å². The minimum Gasteiger partial charge on any atom is -0.383 e. The summed E-state index contributed by atoms with van der Waals surface area (Å²) in [7, 11) is 3.59. The number of ether oxygens (including phenoxy) is 2. The molecule has 0 amide bonds. The van der Waals surface area contributed by atoms with Crippen molar-refractivity contribution in [3.63, 3.8) is 0 Å². The Morgan fingerprint density at radius 1 is 1.06 bits per heavy atom. The third-order valence-electron chi connectivity index (χ3n) is 3.77. The lowest BCUT2D eigenvalue weighted by Crippen LogP contribution is -2.62. The summed E-state index contributed by atoms with van der Waals surface area (Å²) in [5.74, 6) is 0. The summed E-state index contributed by atoms with van der Waals surface area (Å²) in [5, 5.41) is 0. The Bertz CT molecular complexity index is 208. The van der Waals surface area contributed by atoms with E-state index in [1.807, 2.05) is 7.11 Å². The molecule has 1 rings (SSSR count). The van der Waals surface area contributed by atoms with E-state index in [1.54, 1.807) is 7.11 Å². The zero-order valence-electron chi connectivity index (χ0n) is 11.7. The van der Waals surface area contributed by atoms with Crippen LogP contribution in [0.1, 0.15) is 40.5 Å². The van der Waals surface area contributed by atoms with Gasteiger partial charge in [0.15, 0.2) is 0 Å². The highest BCUT2D eigenvalue weighted by Crippen LogP contribution is 2.38. The Morgan fingerprint density at radius 3 is 1.94 bits per heavy atom. The maximum Gasteiger partial charge on any atom is 0.0606 e. The van der Waals surface area contributed by atoms with E-state index in [2.05, 4.69) is 32.6 Å². The van der Waals surface area contributed by atoms with Gasteiger partial charge in [0.2, 0.25) is 0 Å². The first-order valence-electron chi connectivity index (χ1n) is 6.13. The van der Waals surface area contributed by atoms with Crippen LogP contribution in [-0.4, -0.2) is 49.5 Å². The van der Waals surface area contributed by atoms with Crippen molar-refractivity contribution in [2.75, 3.05) is 27.4 Å². The van der Waals surface area contributed by atoms with Gasteiger partial charge in [0.25, 0.3) is 0 Å². The largest absolute Gasteiger partial charge is 0.383 e. The lowest BCUT2D eigenvalue weighted by Gasteiger charge is -2.55. The fourth-order valence-corrected chi connectivity index (χ4v) is 3.18. The van der Waals surface area contributed by atoms with Crippen molar-refractivity contribution >= 4 is 0 Å². The Kier molecular flexibility index (Phi) is 4.38. The molecular formula is C13H27NO2. The van der Waals surface area contributed by atoms with E-state index in [-0.39, 0.29) is 11.1 Å². The summed E-state index contributed by atoms with van der Waals surface area (Å²) in [5.41, 5.74) is 0.363. The van der Waals surface area contributed by atoms with Gasteiger partial charge in [-0.1, -0.05) is 0 Å². The van der Waals surface area contributed by atoms with E-state index in [9.17, 15) is 0 Å². The fourth-order valence-electron chi connectivity index (χ4n) is 3.18. The van der Waals surface area contributed by atoms with Crippen molar-refractivity contribution in [1.82, 2.24) is 4.90 Å². The summed E-state index contributed by atoms with van der Waals surface area (Å²) in [4.78, 5) is 2.55. The molecule has 0 aliphatic carbocycles.